The minimum Gasteiger partial charge on any atom is -0.333 e. The summed E-state index contributed by atoms with van der Waals surface area (Å²) < 4.78 is 2.35. The van der Waals surface area contributed by atoms with Crippen molar-refractivity contribution in [2.45, 2.75) is 12.0 Å². The van der Waals surface area contributed by atoms with Crippen LogP contribution in [-0.2, 0) is 21.1 Å². The van der Waals surface area contributed by atoms with E-state index in [9.17, 15) is 0 Å². The molecule has 1 aliphatic heterocycles. The Morgan fingerprint density at radius 2 is 0.889 bits per heavy atom. The van der Waals surface area contributed by atoms with Gasteiger partial charge in [-0.05, 0) is 124 Å². The van der Waals surface area contributed by atoms with Crippen LogP contribution < -0.4 is 9.80 Å². The van der Waals surface area contributed by atoms with Gasteiger partial charge in [0, 0.05) is 66.0 Å². The van der Waals surface area contributed by atoms with Crippen molar-refractivity contribution in [3.8, 4) is 50.2 Å². The highest BCUT2D eigenvalue weighted by Gasteiger charge is 2.37. The fourth-order valence-electron chi connectivity index (χ4n) is 12.7. The standard InChI is InChI=1S/C69H50N12/c1-76-70-57-21-14-24-61(67(57)73-76)81(62-39-36-51(65-68(62)74-77(2)71-65)45-29-25-43(26-30-45)47-34-38-60-56(41-47)54-20-11-13-23-59(54)79(60)49-15-6-4-7-16-49)63-40-37-52(66-69(63)75-78(3)72-66)46-31-27-44(28-32-46)48-33-35-55-53-19-10-12-22-58(53)80(64(55)42-48)50-17-8-5-9-18-50/h4-42,53,58H,1-3H3. The van der Waals surface area contributed by atoms with E-state index in [1.165, 1.54) is 38.7 Å². The summed E-state index contributed by atoms with van der Waals surface area (Å²) in [5, 5.41) is 32.5. The summed E-state index contributed by atoms with van der Waals surface area (Å²) in [5.74, 6) is 0.300. The molecular formula is C69H50N12. The molecule has 0 spiro atoms. The Morgan fingerprint density at radius 1 is 0.370 bits per heavy atom. The van der Waals surface area contributed by atoms with E-state index in [-0.39, 0.29) is 6.04 Å². The Labute approximate surface area is 466 Å². The zero-order chi connectivity index (χ0) is 53.9. The van der Waals surface area contributed by atoms with Gasteiger partial charge in [0.2, 0.25) is 0 Å². The van der Waals surface area contributed by atoms with Gasteiger partial charge in [0.05, 0.1) is 34.1 Å². The van der Waals surface area contributed by atoms with Crippen LogP contribution in [0.1, 0.15) is 11.5 Å². The third-order valence-electron chi connectivity index (χ3n) is 16.3. The summed E-state index contributed by atoms with van der Waals surface area (Å²) in [6.07, 6.45) is 8.99. The van der Waals surface area contributed by atoms with Crippen molar-refractivity contribution in [2.24, 2.45) is 21.1 Å². The predicted molar refractivity (Wildman–Crippen MR) is 327 cm³/mol. The number of aromatic nitrogens is 10. The number of aryl methyl sites for hydroxylation is 3. The number of fused-ring (bicyclic) bond motifs is 9. The van der Waals surface area contributed by atoms with Gasteiger partial charge in [-0.25, -0.2) is 0 Å². The summed E-state index contributed by atoms with van der Waals surface area (Å²) in [5.41, 5.74) is 22.8. The minimum absolute atomic E-state index is 0.234. The van der Waals surface area contributed by atoms with Gasteiger partial charge in [0.1, 0.15) is 33.1 Å². The molecular weight excluding hydrogens is 997 g/mol. The first-order valence-corrected chi connectivity index (χ1v) is 27.3. The van der Waals surface area contributed by atoms with Crippen LogP contribution in [0.3, 0.4) is 0 Å². The highest BCUT2D eigenvalue weighted by molar-refractivity contribution is 6.12. The van der Waals surface area contributed by atoms with Crippen molar-refractivity contribution in [1.82, 2.24) is 49.5 Å². The summed E-state index contributed by atoms with van der Waals surface area (Å²) in [7, 11) is 5.60. The maximum absolute atomic E-state index is 5.11. The first-order valence-electron chi connectivity index (χ1n) is 27.3. The van der Waals surface area contributed by atoms with E-state index >= 15 is 0 Å². The lowest BCUT2D eigenvalue weighted by atomic mass is 9.90. The third-order valence-corrected chi connectivity index (χ3v) is 16.3. The summed E-state index contributed by atoms with van der Waals surface area (Å²) >= 11 is 0. The molecule has 2 unspecified atom stereocenters. The van der Waals surface area contributed by atoms with Crippen LogP contribution >= 0.6 is 0 Å². The topological polar surface area (TPSA) is 104 Å². The average Bonchev–Trinajstić information content (AvgIpc) is 4.55. The van der Waals surface area contributed by atoms with E-state index in [1.807, 2.05) is 33.3 Å². The van der Waals surface area contributed by atoms with Crippen LogP contribution in [0, 0.1) is 0 Å². The molecule has 0 fully saturated rings. The Kier molecular flexibility index (Phi) is 10.4. The van der Waals surface area contributed by atoms with Crippen LogP contribution in [0.4, 0.5) is 28.4 Å². The van der Waals surface area contributed by atoms with E-state index in [0.29, 0.717) is 5.92 Å². The van der Waals surface area contributed by atoms with Crippen molar-refractivity contribution in [1.29, 1.82) is 0 Å². The molecule has 1 aliphatic carbocycles. The molecule has 0 amide bonds. The van der Waals surface area contributed by atoms with Crippen LogP contribution in [0.15, 0.2) is 237 Å². The van der Waals surface area contributed by atoms with Crippen LogP contribution in [0.5, 0.6) is 0 Å². The Balaban J connectivity index is 0.772. The van der Waals surface area contributed by atoms with E-state index < -0.39 is 0 Å². The maximum atomic E-state index is 5.11. The predicted octanol–water partition coefficient (Wildman–Crippen LogP) is 15.5. The smallest absolute Gasteiger partial charge is 0.137 e. The third kappa shape index (κ3) is 7.44. The highest BCUT2D eigenvalue weighted by Crippen LogP contribution is 2.50. The Bertz CT molecular complexity index is 4870. The Hall–Kier alpha value is -10.7. The van der Waals surface area contributed by atoms with Crippen molar-refractivity contribution in [3.05, 3.63) is 242 Å². The second-order valence-corrected chi connectivity index (χ2v) is 21.0. The number of hydrogen-bond acceptors (Lipinski definition) is 8. The molecule has 2 atom stereocenters. The average molecular weight is 1050 g/mol. The van der Waals surface area contributed by atoms with Gasteiger partial charge < -0.3 is 14.4 Å². The van der Waals surface area contributed by atoms with Gasteiger partial charge in [0.25, 0.3) is 0 Å². The van der Waals surface area contributed by atoms with Gasteiger partial charge in [-0.1, -0.05) is 152 Å². The Morgan fingerprint density at radius 3 is 1.57 bits per heavy atom. The summed E-state index contributed by atoms with van der Waals surface area (Å²) in [6, 6.07) is 76.2. The van der Waals surface area contributed by atoms with Crippen molar-refractivity contribution in [2.75, 3.05) is 9.80 Å². The molecule has 386 valence electrons. The van der Waals surface area contributed by atoms with Gasteiger partial charge in [0.15, 0.2) is 0 Å². The van der Waals surface area contributed by atoms with E-state index in [1.54, 1.807) is 14.4 Å². The zero-order valence-corrected chi connectivity index (χ0v) is 44.5. The molecule has 0 saturated heterocycles. The van der Waals surface area contributed by atoms with E-state index in [2.05, 4.69) is 239 Å². The number of allylic oxidation sites excluding steroid dienone is 2. The molecule has 5 heterocycles. The molecule has 10 aromatic carbocycles. The van der Waals surface area contributed by atoms with Gasteiger partial charge >= 0.3 is 0 Å². The molecule has 4 aromatic heterocycles. The van der Waals surface area contributed by atoms with E-state index in [4.69, 9.17) is 30.6 Å². The number of hydrogen-bond donors (Lipinski definition) is 0. The lowest BCUT2D eigenvalue weighted by molar-refractivity contribution is 0.665. The number of nitrogens with zero attached hydrogens (tertiary/aromatic N) is 12. The largest absolute Gasteiger partial charge is 0.333 e. The van der Waals surface area contributed by atoms with E-state index in [0.717, 1.165) is 100 Å². The summed E-state index contributed by atoms with van der Waals surface area (Å²) in [4.78, 5) is 9.61. The molecule has 0 saturated carbocycles. The second kappa shape index (κ2) is 18.2. The van der Waals surface area contributed by atoms with Crippen molar-refractivity contribution >= 4 is 83.3 Å². The van der Waals surface area contributed by atoms with Crippen LogP contribution in [0.2, 0.25) is 0 Å². The molecule has 0 radical (unpaired) electrons. The first-order chi connectivity index (χ1) is 39.9. The first kappa shape index (κ1) is 46.4. The quantitative estimate of drug-likeness (QED) is 0.141. The summed E-state index contributed by atoms with van der Waals surface area (Å²) in [6.45, 7) is 0. The van der Waals surface area contributed by atoms with Crippen molar-refractivity contribution < 1.29 is 0 Å². The highest BCUT2D eigenvalue weighted by atomic mass is 15.5. The van der Waals surface area contributed by atoms with Gasteiger partial charge in [-0.2, -0.15) is 45.0 Å². The molecule has 12 nitrogen and oxygen atoms in total. The second-order valence-electron chi connectivity index (χ2n) is 21.0. The minimum atomic E-state index is 0.234. The zero-order valence-electron chi connectivity index (χ0n) is 44.5. The molecule has 0 N–H and O–H groups in total. The van der Waals surface area contributed by atoms with Gasteiger partial charge in [-0.15, -0.1) is 0 Å². The number of rotatable bonds is 9. The van der Waals surface area contributed by atoms with Crippen molar-refractivity contribution in [3.63, 3.8) is 0 Å². The SMILES string of the molecule is Cn1nc2cccc(N(c3ccc(-c4ccc(-c5ccc6c(c5)N(c5ccccc5)C5C=CC=CC65)cc4)c4nn(C)nc34)c3ccc(-c4ccc(-c5ccc6c(c5)c5ccccc5n6-c5ccccc5)cc4)c4nn(C)nc34)c2n1. The fraction of sp³-hybridized carbons (Fsp3) is 0.0725. The monoisotopic (exact) mass is 1050 g/mol. The van der Waals surface area contributed by atoms with Gasteiger partial charge in [-0.3, -0.25) is 0 Å². The molecule has 2 aliphatic rings. The molecule has 14 aromatic rings. The lowest BCUT2D eigenvalue weighted by Crippen LogP contribution is -2.28. The number of benzene rings is 10. The van der Waals surface area contributed by atoms with Crippen LogP contribution in [0.25, 0.3) is 105 Å². The number of anilines is 5. The molecule has 16 rings (SSSR count). The maximum Gasteiger partial charge on any atom is 0.137 e. The molecule has 12 heteroatoms. The molecule has 81 heavy (non-hydrogen) atoms. The van der Waals surface area contributed by atoms with Crippen LogP contribution in [-0.4, -0.2) is 55.6 Å². The number of para-hydroxylation sites is 3. The normalized spacial score (nSPS) is 14.7. The lowest BCUT2D eigenvalue weighted by Gasteiger charge is -2.28. The molecule has 0 bridgehead atoms. The fourth-order valence-corrected chi connectivity index (χ4v) is 12.7.